The first-order chi connectivity index (χ1) is 10.4. The monoisotopic (exact) mass is 295 g/mol. The molecule has 1 aromatic carbocycles. The summed E-state index contributed by atoms with van der Waals surface area (Å²) < 4.78 is 10.6. The van der Waals surface area contributed by atoms with Gasteiger partial charge in [-0.05, 0) is 23.6 Å². The topological polar surface area (TPSA) is 65.0 Å². The Morgan fingerprint density at radius 3 is 2.62 bits per heavy atom. The fourth-order valence-corrected chi connectivity index (χ4v) is 2.61. The average molecular weight is 295 g/mol. The maximum absolute atomic E-state index is 5.32. The van der Waals surface area contributed by atoms with E-state index in [0.717, 1.165) is 10.4 Å². The average Bonchev–Trinajstić information content (AvgIpc) is 3.27. The molecule has 4 aromatic rings. The highest BCUT2D eigenvalue weighted by Crippen LogP contribution is 2.28. The smallest absolute Gasteiger partial charge is 0.258 e. The quantitative estimate of drug-likeness (QED) is 0.569. The largest absolute Gasteiger partial charge is 0.355 e. The summed E-state index contributed by atoms with van der Waals surface area (Å²) >= 11 is 1.59. The molecule has 6 heteroatoms. The Bertz CT molecular complexity index is 850. The number of thiophene rings is 1. The lowest BCUT2D eigenvalue weighted by Crippen LogP contribution is -1.80. The van der Waals surface area contributed by atoms with Crippen molar-refractivity contribution < 1.29 is 9.05 Å². The molecule has 0 saturated carbocycles. The van der Waals surface area contributed by atoms with E-state index in [1.54, 1.807) is 11.3 Å². The van der Waals surface area contributed by atoms with E-state index < -0.39 is 0 Å². The van der Waals surface area contributed by atoms with Gasteiger partial charge in [-0.25, -0.2) is 0 Å². The minimum atomic E-state index is 0.417. The second kappa shape index (κ2) is 4.99. The van der Waals surface area contributed by atoms with Gasteiger partial charge in [0.25, 0.3) is 5.89 Å². The lowest BCUT2D eigenvalue weighted by Gasteiger charge is -1.89. The van der Waals surface area contributed by atoms with Crippen LogP contribution >= 0.6 is 11.3 Å². The van der Waals surface area contributed by atoms with Crippen molar-refractivity contribution in [1.82, 2.24) is 15.3 Å². The third-order valence-corrected chi connectivity index (χ3v) is 3.83. The summed E-state index contributed by atoms with van der Waals surface area (Å²) in [6, 6.07) is 15.4. The van der Waals surface area contributed by atoms with E-state index in [1.165, 1.54) is 0 Å². The van der Waals surface area contributed by atoms with Crippen molar-refractivity contribution >= 4 is 11.3 Å². The molecule has 0 unspecified atom stereocenters. The summed E-state index contributed by atoms with van der Waals surface area (Å²) in [6.45, 7) is 0. The standard InChI is InChI=1S/C15H9N3O2S/c1-2-5-10(6-3-1)15-16-14(18-20-15)11-9-12(19-17-11)13-7-4-8-21-13/h1-9H. The number of hydrogen-bond acceptors (Lipinski definition) is 6. The van der Waals surface area contributed by atoms with Gasteiger partial charge < -0.3 is 9.05 Å². The Morgan fingerprint density at radius 1 is 0.905 bits per heavy atom. The summed E-state index contributed by atoms with van der Waals surface area (Å²) in [5.74, 6) is 1.58. The van der Waals surface area contributed by atoms with E-state index in [2.05, 4.69) is 15.3 Å². The molecule has 102 valence electrons. The molecule has 0 bridgehead atoms. The summed E-state index contributed by atoms with van der Waals surface area (Å²) in [5, 5.41) is 9.93. The summed E-state index contributed by atoms with van der Waals surface area (Å²) in [7, 11) is 0. The van der Waals surface area contributed by atoms with E-state index in [1.807, 2.05) is 53.9 Å². The van der Waals surface area contributed by atoms with E-state index in [0.29, 0.717) is 23.2 Å². The van der Waals surface area contributed by atoms with E-state index in [-0.39, 0.29) is 0 Å². The van der Waals surface area contributed by atoms with Crippen molar-refractivity contribution in [2.24, 2.45) is 0 Å². The Kier molecular flexibility index (Phi) is 2.86. The SMILES string of the molecule is c1ccc(-c2nc(-c3cc(-c4cccs4)on3)no2)cc1. The van der Waals surface area contributed by atoms with Gasteiger partial charge in [-0.2, -0.15) is 4.98 Å². The van der Waals surface area contributed by atoms with Crippen LogP contribution in [0.25, 0.3) is 33.6 Å². The zero-order valence-corrected chi connectivity index (χ0v) is 11.6. The molecule has 0 aliphatic carbocycles. The molecule has 4 rings (SSSR count). The predicted octanol–water partition coefficient (Wildman–Crippen LogP) is 4.12. The third-order valence-electron chi connectivity index (χ3n) is 2.95. The molecular weight excluding hydrogens is 286 g/mol. The highest BCUT2D eigenvalue weighted by atomic mass is 32.1. The maximum atomic E-state index is 5.32. The molecule has 0 spiro atoms. The van der Waals surface area contributed by atoms with Gasteiger partial charge in [0.15, 0.2) is 11.5 Å². The van der Waals surface area contributed by atoms with E-state index in [9.17, 15) is 0 Å². The first-order valence-electron chi connectivity index (χ1n) is 6.30. The van der Waals surface area contributed by atoms with Crippen LogP contribution in [-0.2, 0) is 0 Å². The van der Waals surface area contributed by atoms with Gasteiger partial charge in [0, 0.05) is 11.6 Å². The Labute approximate surface area is 123 Å². The highest BCUT2D eigenvalue weighted by molar-refractivity contribution is 7.13. The lowest BCUT2D eigenvalue weighted by molar-refractivity contribution is 0.424. The summed E-state index contributed by atoms with van der Waals surface area (Å²) in [4.78, 5) is 5.36. The Morgan fingerprint density at radius 2 is 1.81 bits per heavy atom. The molecule has 21 heavy (non-hydrogen) atoms. The third kappa shape index (κ3) is 2.25. The predicted molar refractivity (Wildman–Crippen MR) is 78.5 cm³/mol. The number of hydrogen-bond donors (Lipinski definition) is 0. The van der Waals surface area contributed by atoms with E-state index >= 15 is 0 Å². The maximum Gasteiger partial charge on any atom is 0.258 e. The number of rotatable bonds is 3. The van der Waals surface area contributed by atoms with Gasteiger partial charge in [0.05, 0.1) is 4.88 Å². The van der Waals surface area contributed by atoms with Gasteiger partial charge in [-0.1, -0.05) is 34.6 Å². The summed E-state index contributed by atoms with van der Waals surface area (Å²) in [5.41, 5.74) is 1.43. The van der Waals surface area contributed by atoms with Crippen molar-refractivity contribution in [3.8, 4) is 33.6 Å². The van der Waals surface area contributed by atoms with Crippen LogP contribution in [0.4, 0.5) is 0 Å². The van der Waals surface area contributed by atoms with Gasteiger partial charge >= 0.3 is 0 Å². The molecule has 0 radical (unpaired) electrons. The van der Waals surface area contributed by atoms with Gasteiger partial charge in [0.2, 0.25) is 5.82 Å². The zero-order chi connectivity index (χ0) is 14.1. The van der Waals surface area contributed by atoms with Crippen LogP contribution in [0.2, 0.25) is 0 Å². The van der Waals surface area contributed by atoms with Gasteiger partial charge in [-0.3, -0.25) is 0 Å². The first kappa shape index (κ1) is 12.0. The molecule has 5 nitrogen and oxygen atoms in total. The molecule has 3 heterocycles. The second-order valence-electron chi connectivity index (χ2n) is 4.34. The van der Waals surface area contributed by atoms with Gasteiger partial charge in [0.1, 0.15) is 0 Å². The van der Waals surface area contributed by atoms with Crippen molar-refractivity contribution in [3.63, 3.8) is 0 Å². The van der Waals surface area contributed by atoms with Crippen LogP contribution in [0.5, 0.6) is 0 Å². The van der Waals surface area contributed by atoms with Crippen molar-refractivity contribution in [2.75, 3.05) is 0 Å². The van der Waals surface area contributed by atoms with Crippen LogP contribution in [0.1, 0.15) is 0 Å². The minimum absolute atomic E-state index is 0.417. The van der Waals surface area contributed by atoms with Crippen LogP contribution in [0.3, 0.4) is 0 Å². The van der Waals surface area contributed by atoms with Crippen LogP contribution in [0.15, 0.2) is 63.0 Å². The second-order valence-corrected chi connectivity index (χ2v) is 5.29. The first-order valence-corrected chi connectivity index (χ1v) is 7.18. The Balaban J connectivity index is 1.67. The van der Waals surface area contributed by atoms with Crippen molar-refractivity contribution in [2.45, 2.75) is 0 Å². The normalized spacial score (nSPS) is 10.9. The number of aromatic nitrogens is 3. The number of nitrogens with zero attached hydrogens (tertiary/aromatic N) is 3. The molecular formula is C15H9N3O2S. The molecule has 0 amide bonds. The zero-order valence-electron chi connectivity index (χ0n) is 10.8. The lowest BCUT2D eigenvalue weighted by atomic mass is 10.2. The molecule has 0 N–H and O–H groups in total. The number of benzene rings is 1. The highest BCUT2D eigenvalue weighted by Gasteiger charge is 2.15. The molecule has 0 fully saturated rings. The molecule has 0 aliphatic heterocycles. The molecule has 0 aliphatic rings. The summed E-state index contributed by atoms with van der Waals surface area (Å²) in [6.07, 6.45) is 0. The van der Waals surface area contributed by atoms with Crippen LogP contribution in [0, 0.1) is 0 Å². The van der Waals surface area contributed by atoms with Crippen molar-refractivity contribution in [3.05, 3.63) is 53.9 Å². The Hall–Kier alpha value is -2.73. The fourth-order valence-electron chi connectivity index (χ4n) is 1.94. The van der Waals surface area contributed by atoms with Crippen molar-refractivity contribution in [1.29, 1.82) is 0 Å². The molecule has 0 saturated heterocycles. The fraction of sp³-hybridized carbons (Fsp3) is 0. The van der Waals surface area contributed by atoms with Gasteiger partial charge in [-0.15, -0.1) is 11.3 Å². The van der Waals surface area contributed by atoms with Crippen LogP contribution < -0.4 is 0 Å². The van der Waals surface area contributed by atoms with Crippen LogP contribution in [-0.4, -0.2) is 15.3 Å². The van der Waals surface area contributed by atoms with E-state index in [4.69, 9.17) is 9.05 Å². The molecule has 0 atom stereocenters. The minimum Gasteiger partial charge on any atom is -0.355 e. The molecule has 3 aromatic heterocycles.